The van der Waals surface area contributed by atoms with Gasteiger partial charge in [0.05, 0.1) is 63.5 Å². The van der Waals surface area contributed by atoms with E-state index >= 15 is 35.1 Å². The zero-order valence-corrected chi connectivity index (χ0v) is 36.7. The van der Waals surface area contributed by atoms with Gasteiger partial charge in [0.1, 0.15) is 22.7 Å². The van der Waals surface area contributed by atoms with Crippen molar-refractivity contribution >= 4 is 55.6 Å². The van der Waals surface area contributed by atoms with E-state index in [1.54, 1.807) is 26.0 Å². The smallest absolute Gasteiger partial charge is 0.340 e. The number of imidazole rings is 2. The van der Waals surface area contributed by atoms with Crippen LogP contribution in [0, 0.1) is 60.4 Å². The summed E-state index contributed by atoms with van der Waals surface area (Å²) < 4.78 is 153. The first-order chi connectivity index (χ1) is 31.2. The van der Waals surface area contributed by atoms with Gasteiger partial charge in [0.15, 0.2) is 56.4 Å². The molecule has 66 heavy (non-hydrogen) atoms. The zero-order valence-electron chi connectivity index (χ0n) is 35.1. The van der Waals surface area contributed by atoms with Crippen molar-refractivity contribution in [3.8, 4) is 44.5 Å². The second-order valence-electron chi connectivity index (χ2n) is 14.5. The number of methoxy groups -OCH3 is 2. The lowest BCUT2D eigenvalue weighted by atomic mass is 9.95. The number of aromatic nitrogens is 4. The van der Waals surface area contributed by atoms with Crippen LogP contribution < -0.4 is 0 Å². The number of rotatable bonds is 8. The summed E-state index contributed by atoms with van der Waals surface area (Å²) in [6.45, 7) is 3.21. The van der Waals surface area contributed by atoms with Crippen LogP contribution in [-0.2, 0) is 19.3 Å². The Balaban J connectivity index is 0.000000197. The molecule has 0 bridgehead atoms. The summed E-state index contributed by atoms with van der Waals surface area (Å²) in [5.74, 6) is -13.8. The van der Waals surface area contributed by atoms with Gasteiger partial charge in [0.2, 0.25) is 0 Å². The van der Waals surface area contributed by atoms with E-state index in [1.807, 2.05) is 6.26 Å². The van der Waals surface area contributed by atoms with E-state index in [2.05, 4.69) is 19.9 Å². The van der Waals surface area contributed by atoms with Crippen molar-refractivity contribution in [2.45, 2.75) is 23.6 Å². The molecule has 0 unspecified atom stereocenters. The Labute approximate surface area is 373 Å². The van der Waals surface area contributed by atoms with Gasteiger partial charge in [-0.15, -0.1) is 11.8 Å². The average molecular weight is 953 g/mol. The Morgan fingerprint density at radius 2 is 0.848 bits per heavy atom. The van der Waals surface area contributed by atoms with Crippen LogP contribution in [0.1, 0.15) is 32.4 Å². The summed E-state index contributed by atoms with van der Waals surface area (Å²) in [6, 6.07) is 14.8. The second-order valence-corrected chi connectivity index (χ2v) is 17.4. The molecule has 8 aromatic rings. The number of ether oxygens (including phenoxy) is 2. The minimum atomic E-state index is -3.59. The molecule has 8 rings (SSSR count). The zero-order chi connectivity index (χ0) is 48.1. The molecule has 2 aromatic heterocycles. The SMILES string of the molecule is COC(=O)c1cc(-c2c(F)c(F)c(-c3ccc(S(C)(=O)=O)cc3)c(F)c2F)cc2[nH]c(C)nc12.COC(=O)c1cc(-c2c(F)c(F)c(-c3ccc(SC)cc3)c(F)c2F)cc2[nH]c(C)nc12. The van der Waals surface area contributed by atoms with Crippen molar-refractivity contribution in [1.29, 1.82) is 0 Å². The van der Waals surface area contributed by atoms with E-state index < -0.39 is 90.6 Å². The average Bonchev–Trinajstić information content (AvgIpc) is 3.87. The van der Waals surface area contributed by atoms with Crippen molar-refractivity contribution in [3.63, 3.8) is 0 Å². The summed E-state index contributed by atoms with van der Waals surface area (Å²) in [5.41, 5.74) is -3.97. The highest BCUT2D eigenvalue weighted by molar-refractivity contribution is 7.98. The molecule has 0 saturated carbocycles. The third-order valence-corrected chi connectivity index (χ3v) is 12.1. The molecule has 0 amide bonds. The number of H-pyrrole nitrogens is 2. The molecule has 6 aromatic carbocycles. The number of carbonyl (C=O) groups excluding carboxylic acids is 2. The molecular formula is C46H32F8N4O6S2. The van der Waals surface area contributed by atoms with Crippen LogP contribution in [0.2, 0.25) is 0 Å². The fraction of sp³-hybridized carbons (Fsp3) is 0.130. The first-order valence-corrected chi connectivity index (χ1v) is 22.2. The second kappa shape index (κ2) is 18.1. The molecule has 2 N–H and O–H groups in total. The minimum Gasteiger partial charge on any atom is -0.465 e. The molecule has 0 fully saturated rings. The minimum absolute atomic E-state index is 0.00274. The van der Waals surface area contributed by atoms with Gasteiger partial charge in [-0.2, -0.15) is 0 Å². The maximum Gasteiger partial charge on any atom is 0.340 e. The molecule has 0 spiro atoms. The van der Waals surface area contributed by atoms with E-state index in [0.717, 1.165) is 61.8 Å². The molecule has 0 radical (unpaired) electrons. The van der Waals surface area contributed by atoms with Gasteiger partial charge in [0, 0.05) is 11.2 Å². The van der Waals surface area contributed by atoms with Crippen LogP contribution >= 0.6 is 11.8 Å². The Kier molecular flexibility index (Phi) is 12.9. The highest BCUT2D eigenvalue weighted by Crippen LogP contribution is 2.41. The van der Waals surface area contributed by atoms with E-state index in [-0.39, 0.29) is 60.3 Å². The number of hydrogen-bond acceptors (Lipinski definition) is 9. The maximum atomic E-state index is 15.1. The first kappa shape index (κ1) is 46.9. The number of fused-ring (bicyclic) bond motifs is 2. The number of sulfone groups is 1. The Morgan fingerprint density at radius 1 is 0.530 bits per heavy atom. The number of benzene rings is 6. The Bertz CT molecular complexity index is 3340. The summed E-state index contributed by atoms with van der Waals surface area (Å²) in [5, 5.41) is 0. The largest absolute Gasteiger partial charge is 0.465 e. The fourth-order valence-corrected chi connectivity index (χ4v) is 8.24. The standard InChI is InChI=1S/C23H16F4N2O4S.C23H16F4N2O2S/c1-10-28-15-9-12(8-14(22(15)29-10)23(30)33-2)17-20(26)18(24)16(19(25)21(17)27)11-4-6-13(7-5-11)34(3,31)32;1-10-28-15-9-12(8-14(22(15)29-10)23(30)31-2)17-20(26)18(24)16(19(25)21(17)27)11-4-6-13(32-3)7-5-11/h4-9H,1-3H3,(H,28,29);4-9H,1-3H3,(H,28,29). The number of nitrogens with one attached hydrogen (secondary N) is 2. The van der Waals surface area contributed by atoms with Crippen LogP contribution in [0.4, 0.5) is 35.1 Å². The van der Waals surface area contributed by atoms with Gasteiger partial charge >= 0.3 is 11.9 Å². The predicted molar refractivity (Wildman–Crippen MR) is 231 cm³/mol. The third kappa shape index (κ3) is 8.48. The van der Waals surface area contributed by atoms with Crippen LogP contribution in [0.25, 0.3) is 66.6 Å². The van der Waals surface area contributed by atoms with Gasteiger partial charge in [-0.25, -0.2) is 63.1 Å². The normalized spacial score (nSPS) is 11.5. The summed E-state index contributed by atoms with van der Waals surface area (Å²) in [6.07, 6.45) is 2.77. The van der Waals surface area contributed by atoms with Crippen LogP contribution in [0.5, 0.6) is 0 Å². The summed E-state index contributed by atoms with van der Waals surface area (Å²) in [4.78, 5) is 39.1. The third-order valence-electron chi connectivity index (χ3n) is 10.3. The molecule has 340 valence electrons. The van der Waals surface area contributed by atoms with E-state index in [0.29, 0.717) is 11.6 Å². The quantitative estimate of drug-likeness (QED) is 0.0658. The highest BCUT2D eigenvalue weighted by Gasteiger charge is 2.31. The topological polar surface area (TPSA) is 144 Å². The molecule has 0 saturated heterocycles. The monoisotopic (exact) mass is 952 g/mol. The number of thioether (sulfide) groups is 1. The van der Waals surface area contributed by atoms with Crippen molar-refractivity contribution in [2.75, 3.05) is 26.7 Å². The number of nitrogens with zero attached hydrogens (tertiary/aromatic N) is 2. The van der Waals surface area contributed by atoms with Gasteiger partial charge < -0.3 is 19.4 Å². The highest BCUT2D eigenvalue weighted by atomic mass is 32.2. The van der Waals surface area contributed by atoms with Crippen molar-refractivity contribution in [3.05, 3.63) is 142 Å². The van der Waals surface area contributed by atoms with Gasteiger partial charge in [0.25, 0.3) is 0 Å². The lowest BCUT2D eigenvalue weighted by molar-refractivity contribution is 0.0594. The maximum absolute atomic E-state index is 15.1. The molecular weight excluding hydrogens is 921 g/mol. The number of esters is 2. The van der Waals surface area contributed by atoms with E-state index in [4.69, 9.17) is 9.47 Å². The van der Waals surface area contributed by atoms with E-state index in [1.165, 1.54) is 36.0 Å². The molecule has 0 atom stereocenters. The number of halogens is 8. The lowest BCUT2D eigenvalue weighted by Crippen LogP contribution is -2.06. The Morgan fingerprint density at radius 3 is 1.15 bits per heavy atom. The van der Waals surface area contributed by atoms with Crippen LogP contribution in [-0.4, -0.2) is 67.0 Å². The molecule has 20 heteroatoms. The number of aryl methyl sites for hydroxylation is 2. The van der Waals surface area contributed by atoms with E-state index in [9.17, 15) is 18.0 Å². The van der Waals surface area contributed by atoms with Crippen molar-refractivity contribution in [2.24, 2.45) is 0 Å². The van der Waals surface area contributed by atoms with Gasteiger partial charge in [-0.05, 0) is 90.9 Å². The Hall–Kier alpha value is -7.06. The first-order valence-electron chi connectivity index (χ1n) is 19.0. The molecule has 0 aliphatic carbocycles. The number of aromatic amines is 2. The van der Waals surface area contributed by atoms with Gasteiger partial charge in [-0.1, -0.05) is 24.3 Å². The molecule has 0 aliphatic rings. The van der Waals surface area contributed by atoms with Gasteiger partial charge in [-0.3, -0.25) is 0 Å². The number of hydrogen-bond donors (Lipinski definition) is 2. The number of carbonyl (C=O) groups is 2. The fourth-order valence-electron chi connectivity index (χ4n) is 7.20. The lowest BCUT2D eigenvalue weighted by Gasteiger charge is -2.14. The van der Waals surface area contributed by atoms with Crippen molar-refractivity contribution in [1.82, 2.24) is 19.9 Å². The summed E-state index contributed by atoms with van der Waals surface area (Å²) in [7, 11) is -1.35. The summed E-state index contributed by atoms with van der Waals surface area (Å²) >= 11 is 1.41. The molecule has 10 nitrogen and oxygen atoms in total. The van der Waals surface area contributed by atoms with Crippen LogP contribution in [0.15, 0.2) is 82.6 Å². The molecule has 0 aliphatic heterocycles. The van der Waals surface area contributed by atoms with Crippen LogP contribution in [0.3, 0.4) is 0 Å². The predicted octanol–water partition coefficient (Wildman–Crippen LogP) is 11.2. The molecule has 2 heterocycles. The van der Waals surface area contributed by atoms with Crippen molar-refractivity contribution < 1.29 is 62.6 Å².